The largest absolute Gasteiger partial charge is 0.272 e. The summed E-state index contributed by atoms with van der Waals surface area (Å²) in [6.45, 7) is 0. The Labute approximate surface area is 147 Å². The molecule has 1 aromatic carbocycles. The molecule has 3 fully saturated rings. The Morgan fingerprint density at radius 3 is 2.35 bits per heavy atom. The number of hydrogen-bond acceptors (Lipinski definition) is 3. The number of hydrazone groups is 1. The third-order valence-corrected chi connectivity index (χ3v) is 6.48. The van der Waals surface area contributed by atoms with E-state index in [1.54, 1.807) is 6.21 Å². The summed E-state index contributed by atoms with van der Waals surface area (Å²) in [5.74, 6) is 1.21. The van der Waals surface area contributed by atoms with Crippen molar-refractivity contribution in [3.8, 4) is 0 Å². The van der Waals surface area contributed by atoms with Crippen LogP contribution in [0.15, 0.2) is 41.5 Å². The van der Waals surface area contributed by atoms with Crippen LogP contribution in [-0.2, 0) is 9.59 Å². The van der Waals surface area contributed by atoms with Crippen molar-refractivity contribution in [3.05, 3.63) is 45.6 Å². The molecule has 2 amide bonds. The number of benzene rings is 1. The summed E-state index contributed by atoms with van der Waals surface area (Å²) in [5, 5.41) is 5.37. The molecule has 1 aromatic rings. The van der Waals surface area contributed by atoms with Crippen molar-refractivity contribution < 1.29 is 9.59 Å². The minimum Gasteiger partial charge on any atom is -0.272 e. The van der Waals surface area contributed by atoms with Crippen LogP contribution in [0.2, 0.25) is 0 Å². The molecule has 1 saturated heterocycles. The molecule has 6 atom stereocenters. The molecule has 6 rings (SSSR count). The Bertz CT molecular complexity index is 751. The normalized spacial score (nSPS) is 40.0. The minimum absolute atomic E-state index is 0.105. The topological polar surface area (TPSA) is 49.7 Å². The first-order valence-electron chi connectivity index (χ1n) is 8.01. The number of amides is 2. The molecular weight excluding hydrogens is 403 g/mol. The smallest absolute Gasteiger partial charge is 0.254 e. The van der Waals surface area contributed by atoms with E-state index >= 15 is 0 Å². The van der Waals surface area contributed by atoms with Gasteiger partial charge in [-0.1, -0.05) is 24.3 Å². The second kappa shape index (κ2) is 4.75. The van der Waals surface area contributed by atoms with Crippen LogP contribution in [0.5, 0.6) is 0 Å². The number of imide groups is 1. The van der Waals surface area contributed by atoms with Gasteiger partial charge in [0.05, 0.1) is 18.1 Å². The number of allylic oxidation sites excluding steroid dienone is 2. The van der Waals surface area contributed by atoms with Gasteiger partial charge in [-0.3, -0.25) is 9.59 Å². The van der Waals surface area contributed by atoms with Crippen molar-refractivity contribution in [2.24, 2.45) is 40.6 Å². The predicted molar refractivity (Wildman–Crippen MR) is 93.3 cm³/mol. The van der Waals surface area contributed by atoms with Crippen molar-refractivity contribution >= 4 is 40.6 Å². The molecule has 5 aliphatic rings. The second-order valence-corrected chi connectivity index (χ2v) is 8.19. The Morgan fingerprint density at radius 2 is 1.74 bits per heavy atom. The minimum atomic E-state index is -0.172. The van der Waals surface area contributed by atoms with E-state index in [-0.39, 0.29) is 35.5 Å². The highest BCUT2D eigenvalue weighted by molar-refractivity contribution is 14.1. The van der Waals surface area contributed by atoms with Crippen LogP contribution in [-0.4, -0.2) is 23.0 Å². The zero-order valence-electron chi connectivity index (χ0n) is 12.3. The van der Waals surface area contributed by atoms with E-state index in [9.17, 15) is 9.59 Å². The Hall–Kier alpha value is -1.50. The molecule has 23 heavy (non-hydrogen) atoms. The van der Waals surface area contributed by atoms with Gasteiger partial charge in [-0.15, -0.1) is 0 Å². The monoisotopic (exact) mass is 418 g/mol. The lowest BCUT2D eigenvalue weighted by Crippen LogP contribution is -2.40. The van der Waals surface area contributed by atoms with Crippen molar-refractivity contribution in [2.75, 3.05) is 0 Å². The molecule has 0 radical (unpaired) electrons. The maximum Gasteiger partial charge on any atom is 0.254 e. The fraction of sp³-hybridized carbons (Fsp3) is 0.389. The van der Waals surface area contributed by atoms with Gasteiger partial charge in [0.15, 0.2) is 0 Å². The van der Waals surface area contributed by atoms with E-state index in [1.165, 1.54) is 6.42 Å². The maximum atomic E-state index is 12.7. The zero-order chi connectivity index (χ0) is 15.7. The molecule has 4 nitrogen and oxygen atoms in total. The summed E-state index contributed by atoms with van der Waals surface area (Å²) in [6.07, 6.45) is 7.16. The van der Waals surface area contributed by atoms with Gasteiger partial charge < -0.3 is 0 Å². The Balaban J connectivity index is 1.45. The SMILES string of the molecule is O=C1[C@@H]2[C@H]3C=C[C@@H]([C@@H]4C[C@H]34)[C@@H]2C(=O)N1N=Cc1cccc(I)c1. The molecule has 2 bridgehead atoms. The molecule has 116 valence electrons. The van der Waals surface area contributed by atoms with Crippen LogP contribution in [0, 0.1) is 39.1 Å². The van der Waals surface area contributed by atoms with Gasteiger partial charge in [0.2, 0.25) is 0 Å². The molecule has 1 aliphatic heterocycles. The number of nitrogens with zero attached hydrogens (tertiary/aromatic N) is 2. The summed E-state index contributed by atoms with van der Waals surface area (Å²) in [5.41, 5.74) is 0.899. The van der Waals surface area contributed by atoms with E-state index in [1.807, 2.05) is 24.3 Å². The lowest BCUT2D eigenvalue weighted by Gasteiger charge is -2.37. The highest BCUT2D eigenvalue weighted by Crippen LogP contribution is 2.65. The first-order chi connectivity index (χ1) is 11.1. The second-order valence-electron chi connectivity index (χ2n) is 6.94. The summed E-state index contributed by atoms with van der Waals surface area (Å²) >= 11 is 2.23. The van der Waals surface area contributed by atoms with Crippen LogP contribution >= 0.6 is 22.6 Å². The standard InChI is InChI=1S/C18H15IN2O2/c19-10-3-1-2-9(6-10)8-20-21-17(22)15-11-4-5-12(14-7-13(11)14)16(15)18(21)23/h1-6,8,11-16H,7H2/t11-,12-,13-,14+,15-,16+/m0/s1. The van der Waals surface area contributed by atoms with Gasteiger partial charge in [-0.2, -0.15) is 10.1 Å². The summed E-state index contributed by atoms with van der Waals surface area (Å²) < 4.78 is 1.10. The fourth-order valence-corrected chi connectivity index (χ4v) is 5.33. The average molecular weight is 418 g/mol. The molecule has 4 aliphatic carbocycles. The van der Waals surface area contributed by atoms with Crippen LogP contribution in [0.25, 0.3) is 0 Å². The van der Waals surface area contributed by atoms with Gasteiger partial charge in [0.25, 0.3) is 11.8 Å². The molecule has 0 aromatic heterocycles. The molecule has 0 spiro atoms. The summed E-state index contributed by atoms with van der Waals surface area (Å²) in [4.78, 5) is 25.5. The van der Waals surface area contributed by atoms with E-state index < -0.39 is 0 Å². The van der Waals surface area contributed by atoms with Gasteiger partial charge in [-0.25, -0.2) is 0 Å². The number of hydrogen-bond donors (Lipinski definition) is 0. The third-order valence-electron chi connectivity index (χ3n) is 5.81. The molecular formula is C18H15IN2O2. The first kappa shape index (κ1) is 13.9. The van der Waals surface area contributed by atoms with Crippen molar-refractivity contribution in [1.82, 2.24) is 5.01 Å². The lowest BCUT2D eigenvalue weighted by atomic mass is 9.63. The van der Waals surface area contributed by atoms with Gasteiger partial charge in [-0.05, 0) is 70.4 Å². The van der Waals surface area contributed by atoms with Crippen LogP contribution in [0.1, 0.15) is 12.0 Å². The number of carbonyl (C=O) groups excluding carboxylic acids is 2. The van der Waals surface area contributed by atoms with Gasteiger partial charge in [0.1, 0.15) is 0 Å². The molecule has 0 N–H and O–H groups in total. The quantitative estimate of drug-likeness (QED) is 0.321. The van der Waals surface area contributed by atoms with Gasteiger partial charge >= 0.3 is 0 Å². The third kappa shape index (κ3) is 1.92. The van der Waals surface area contributed by atoms with E-state index in [4.69, 9.17) is 0 Å². The Kier molecular flexibility index (Phi) is 2.87. The first-order valence-corrected chi connectivity index (χ1v) is 9.09. The highest BCUT2D eigenvalue weighted by Gasteiger charge is 2.67. The molecule has 0 unspecified atom stereocenters. The van der Waals surface area contributed by atoms with Crippen molar-refractivity contribution in [2.45, 2.75) is 6.42 Å². The average Bonchev–Trinajstić information content (AvgIpc) is 3.32. The van der Waals surface area contributed by atoms with Crippen LogP contribution in [0.3, 0.4) is 0 Å². The van der Waals surface area contributed by atoms with Gasteiger partial charge in [0, 0.05) is 3.57 Å². The zero-order valence-corrected chi connectivity index (χ0v) is 14.5. The lowest BCUT2D eigenvalue weighted by molar-refractivity contribution is -0.140. The van der Waals surface area contributed by atoms with E-state index in [0.717, 1.165) is 14.1 Å². The predicted octanol–water partition coefficient (Wildman–Crippen LogP) is 2.68. The molecule has 2 saturated carbocycles. The number of halogens is 1. The number of rotatable bonds is 2. The van der Waals surface area contributed by atoms with E-state index in [2.05, 4.69) is 39.8 Å². The van der Waals surface area contributed by atoms with Crippen LogP contribution in [0.4, 0.5) is 0 Å². The van der Waals surface area contributed by atoms with Crippen molar-refractivity contribution in [3.63, 3.8) is 0 Å². The Morgan fingerprint density at radius 1 is 1.09 bits per heavy atom. The highest BCUT2D eigenvalue weighted by atomic mass is 127. The summed E-state index contributed by atoms with van der Waals surface area (Å²) in [7, 11) is 0. The molecule has 1 heterocycles. The maximum absolute atomic E-state index is 12.7. The molecule has 5 heteroatoms. The van der Waals surface area contributed by atoms with Crippen molar-refractivity contribution in [1.29, 1.82) is 0 Å². The fourth-order valence-electron chi connectivity index (χ4n) is 4.77. The number of carbonyl (C=O) groups is 2. The van der Waals surface area contributed by atoms with Crippen LogP contribution < -0.4 is 0 Å². The summed E-state index contributed by atoms with van der Waals surface area (Å²) in [6, 6.07) is 7.83. The van der Waals surface area contributed by atoms with E-state index in [0.29, 0.717) is 11.8 Å².